The molecule has 0 N–H and O–H groups in total. The van der Waals surface area contributed by atoms with E-state index < -0.39 is 0 Å². The van der Waals surface area contributed by atoms with E-state index in [-0.39, 0.29) is 4.75 Å². The quantitative estimate of drug-likeness (QED) is 0.427. The molecule has 1 nitrogen and oxygen atoms in total. The Hall–Kier alpha value is -0.240. The number of thioether (sulfide) groups is 1. The van der Waals surface area contributed by atoms with E-state index in [4.69, 9.17) is 0 Å². The molecule has 0 aliphatic carbocycles. The number of hydrogen-bond acceptors (Lipinski definition) is 2. The van der Waals surface area contributed by atoms with E-state index in [1.54, 1.807) is 18.0 Å². The molecule has 0 aromatic rings. The van der Waals surface area contributed by atoms with Crippen molar-refractivity contribution in [3.05, 3.63) is 12.8 Å². The van der Waals surface area contributed by atoms with Crippen LogP contribution in [0.25, 0.3) is 0 Å². The van der Waals surface area contributed by atoms with Crippen LogP contribution in [0.2, 0.25) is 0 Å². The Bertz CT molecular complexity index is 111. The molecule has 0 rings (SSSR count). The van der Waals surface area contributed by atoms with Crippen LogP contribution in [0.4, 0.5) is 0 Å². The molecular weight excluding hydrogens is 130 g/mol. The van der Waals surface area contributed by atoms with Crippen molar-refractivity contribution < 1.29 is 0 Å². The second kappa shape index (κ2) is 3.72. The van der Waals surface area contributed by atoms with Gasteiger partial charge in [0.2, 0.25) is 0 Å². The van der Waals surface area contributed by atoms with E-state index >= 15 is 0 Å². The maximum absolute atomic E-state index is 3.86. The first-order valence-corrected chi connectivity index (χ1v) is 3.74. The van der Waals surface area contributed by atoms with Crippen LogP contribution in [-0.4, -0.2) is 10.3 Å². The van der Waals surface area contributed by atoms with Gasteiger partial charge in [-0.2, -0.15) is 0 Å². The minimum atomic E-state index is 0.270. The van der Waals surface area contributed by atoms with Crippen molar-refractivity contribution in [1.29, 1.82) is 0 Å². The molecule has 0 aromatic carbocycles. The molecule has 0 unspecified atom stereocenters. The number of nitrogens with zero attached hydrogens (tertiary/aromatic N) is 1. The predicted octanol–water partition coefficient (Wildman–Crippen LogP) is 2.69. The van der Waals surface area contributed by atoms with Gasteiger partial charge in [-0.25, -0.2) is 0 Å². The lowest BCUT2D eigenvalue weighted by Crippen LogP contribution is -2.06. The zero-order valence-corrected chi connectivity index (χ0v) is 7.03. The average molecular weight is 143 g/mol. The summed E-state index contributed by atoms with van der Waals surface area (Å²) >= 11 is 1.70. The van der Waals surface area contributed by atoms with E-state index in [0.29, 0.717) is 0 Å². The summed E-state index contributed by atoms with van der Waals surface area (Å²) in [7, 11) is 0. The SMILES string of the molecule is C=CN=CSC(C)(C)C. The Morgan fingerprint density at radius 3 is 2.33 bits per heavy atom. The van der Waals surface area contributed by atoms with Gasteiger partial charge >= 0.3 is 0 Å². The first-order chi connectivity index (χ1) is 4.06. The molecule has 0 heterocycles. The van der Waals surface area contributed by atoms with Crippen molar-refractivity contribution in [1.82, 2.24) is 0 Å². The van der Waals surface area contributed by atoms with Gasteiger partial charge < -0.3 is 0 Å². The first-order valence-electron chi connectivity index (χ1n) is 2.86. The van der Waals surface area contributed by atoms with Gasteiger partial charge in [0.15, 0.2) is 0 Å². The Balaban J connectivity index is 3.50. The number of hydrogen-bond donors (Lipinski definition) is 0. The van der Waals surface area contributed by atoms with Gasteiger partial charge in [0, 0.05) is 10.9 Å². The maximum atomic E-state index is 3.86. The van der Waals surface area contributed by atoms with Gasteiger partial charge in [-0.05, 0) is 0 Å². The third-order valence-electron chi connectivity index (χ3n) is 0.573. The van der Waals surface area contributed by atoms with Gasteiger partial charge in [-0.3, -0.25) is 4.99 Å². The van der Waals surface area contributed by atoms with Crippen LogP contribution < -0.4 is 0 Å². The smallest absolute Gasteiger partial charge is 0.0601 e. The fraction of sp³-hybridized carbons (Fsp3) is 0.571. The van der Waals surface area contributed by atoms with Crippen molar-refractivity contribution >= 4 is 17.3 Å². The van der Waals surface area contributed by atoms with Crippen LogP contribution in [0, 0.1) is 0 Å². The highest BCUT2D eigenvalue weighted by Crippen LogP contribution is 2.20. The van der Waals surface area contributed by atoms with Crippen LogP contribution in [-0.2, 0) is 0 Å². The monoisotopic (exact) mass is 143 g/mol. The molecule has 2 heteroatoms. The summed E-state index contributed by atoms with van der Waals surface area (Å²) in [6.07, 6.45) is 1.54. The molecule has 0 bridgehead atoms. The summed E-state index contributed by atoms with van der Waals surface area (Å²) in [5.41, 5.74) is 1.81. The summed E-state index contributed by atoms with van der Waals surface area (Å²) in [5, 5.41) is 0. The van der Waals surface area contributed by atoms with Gasteiger partial charge in [-0.1, -0.05) is 27.4 Å². The Morgan fingerprint density at radius 1 is 1.44 bits per heavy atom. The summed E-state index contributed by atoms with van der Waals surface area (Å²) in [6.45, 7) is 9.91. The Kier molecular flexibility index (Phi) is 3.62. The van der Waals surface area contributed by atoms with Gasteiger partial charge in [-0.15, -0.1) is 11.8 Å². The summed E-state index contributed by atoms with van der Waals surface area (Å²) < 4.78 is 0.270. The molecule has 9 heavy (non-hydrogen) atoms. The van der Waals surface area contributed by atoms with Gasteiger partial charge in [0.05, 0.1) is 5.55 Å². The third kappa shape index (κ3) is 7.76. The standard InChI is InChI=1S/C7H13NS/c1-5-8-6-9-7(2,3)4/h5-6H,1H2,2-4H3. The van der Waals surface area contributed by atoms with Gasteiger partial charge in [0.25, 0.3) is 0 Å². The molecule has 0 saturated carbocycles. The highest BCUT2D eigenvalue weighted by molar-refractivity contribution is 8.13. The molecule has 0 radical (unpaired) electrons. The molecule has 0 amide bonds. The second-order valence-corrected chi connectivity index (χ2v) is 4.34. The molecule has 0 spiro atoms. The lowest BCUT2D eigenvalue weighted by Gasteiger charge is -2.12. The van der Waals surface area contributed by atoms with Gasteiger partial charge in [0.1, 0.15) is 0 Å². The fourth-order valence-corrected chi connectivity index (χ4v) is 0.695. The molecule has 0 aromatic heterocycles. The number of aliphatic imine (C=N–C) groups is 1. The van der Waals surface area contributed by atoms with E-state index in [0.717, 1.165) is 0 Å². The lowest BCUT2D eigenvalue weighted by atomic mass is 10.3. The lowest BCUT2D eigenvalue weighted by molar-refractivity contribution is 0.809. The number of rotatable bonds is 2. The minimum absolute atomic E-state index is 0.270. The van der Waals surface area contributed by atoms with E-state index in [9.17, 15) is 0 Å². The van der Waals surface area contributed by atoms with Crippen LogP contribution in [0.3, 0.4) is 0 Å². The highest BCUT2D eigenvalue weighted by atomic mass is 32.2. The second-order valence-electron chi connectivity index (χ2n) is 2.67. The topological polar surface area (TPSA) is 12.4 Å². The molecule has 0 aliphatic rings. The van der Waals surface area contributed by atoms with E-state index in [1.165, 1.54) is 0 Å². The predicted molar refractivity (Wildman–Crippen MR) is 46.0 cm³/mol. The largest absolute Gasteiger partial charge is 0.258 e. The highest BCUT2D eigenvalue weighted by Gasteiger charge is 2.07. The van der Waals surface area contributed by atoms with Crippen LogP contribution >= 0.6 is 11.8 Å². The van der Waals surface area contributed by atoms with Crippen molar-refractivity contribution in [3.8, 4) is 0 Å². The molecule has 0 saturated heterocycles. The van der Waals surface area contributed by atoms with Crippen molar-refractivity contribution in [2.75, 3.05) is 0 Å². The molecule has 0 aliphatic heterocycles. The van der Waals surface area contributed by atoms with Crippen molar-refractivity contribution in [3.63, 3.8) is 0 Å². The zero-order valence-electron chi connectivity index (χ0n) is 6.22. The normalized spacial score (nSPS) is 12.3. The molecule has 0 fully saturated rings. The average Bonchev–Trinajstić information content (AvgIpc) is 1.63. The van der Waals surface area contributed by atoms with Crippen molar-refractivity contribution in [2.45, 2.75) is 25.5 Å². The zero-order chi connectivity index (χ0) is 7.33. The van der Waals surface area contributed by atoms with Crippen molar-refractivity contribution in [2.24, 2.45) is 4.99 Å². The minimum Gasteiger partial charge on any atom is -0.258 e. The van der Waals surface area contributed by atoms with Crippen LogP contribution in [0.5, 0.6) is 0 Å². The molecule has 52 valence electrons. The Labute approximate surface area is 61.3 Å². The fourth-order valence-electron chi connectivity index (χ4n) is 0.232. The summed E-state index contributed by atoms with van der Waals surface area (Å²) in [5.74, 6) is 0. The molecular formula is C7H13NS. The van der Waals surface area contributed by atoms with E-state index in [1.807, 2.05) is 5.55 Å². The van der Waals surface area contributed by atoms with Crippen LogP contribution in [0.1, 0.15) is 20.8 Å². The molecule has 0 atom stereocenters. The summed E-state index contributed by atoms with van der Waals surface area (Å²) in [4.78, 5) is 3.86. The third-order valence-corrected chi connectivity index (χ3v) is 1.51. The maximum Gasteiger partial charge on any atom is 0.0601 e. The summed E-state index contributed by atoms with van der Waals surface area (Å²) in [6, 6.07) is 0. The first kappa shape index (κ1) is 8.76. The Morgan fingerprint density at radius 2 is 2.00 bits per heavy atom. The van der Waals surface area contributed by atoms with Crippen LogP contribution in [0.15, 0.2) is 17.8 Å². The van der Waals surface area contributed by atoms with E-state index in [2.05, 4.69) is 32.3 Å².